The lowest BCUT2D eigenvalue weighted by Gasteiger charge is -2.21. The van der Waals surface area contributed by atoms with E-state index in [1.165, 1.54) is 11.3 Å². The fourth-order valence-corrected chi connectivity index (χ4v) is 4.20. The number of thioether (sulfide) groups is 1. The highest BCUT2D eigenvalue weighted by Crippen LogP contribution is 2.28. The van der Waals surface area contributed by atoms with E-state index in [0.717, 1.165) is 44.2 Å². The van der Waals surface area contributed by atoms with Gasteiger partial charge in [0.15, 0.2) is 5.96 Å². The topological polar surface area (TPSA) is 56.7 Å². The lowest BCUT2D eigenvalue weighted by Crippen LogP contribution is -2.40. The second-order valence-electron chi connectivity index (χ2n) is 7.03. The fraction of sp³-hybridized carbons (Fsp3) is 0.600. The average Bonchev–Trinajstić information content (AvgIpc) is 3.42. The van der Waals surface area contributed by atoms with Crippen molar-refractivity contribution in [1.29, 1.82) is 0 Å². The van der Waals surface area contributed by atoms with Gasteiger partial charge in [0.2, 0.25) is 5.91 Å². The van der Waals surface area contributed by atoms with Gasteiger partial charge in [-0.3, -0.25) is 9.79 Å². The van der Waals surface area contributed by atoms with E-state index in [1.54, 1.807) is 0 Å². The largest absolute Gasteiger partial charge is 0.357 e. The number of carbonyl (C=O) groups is 1. The third-order valence-corrected chi connectivity index (χ3v) is 6.01. The SMILES string of the molecule is CCNC(=NCCNC(=O)C1CC1)N1CCC(CSc2ccccc2)C1. The van der Waals surface area contributed by atoms with Crippen molar-refractivity contribution in [2.75, 3.05) is 38.5 Å². The molecule has 1 aliphatic carbocycles. The Kier molecular flexibility index (Phi) is 7.23. The molecule has 2 fully saturated rings. The third kappa shape index (κ3) is 5.94. The molecule has 0 spiro atoms. The zero-order valence-corrected chi connectivity index (χ0v) is 16.4. The second-order valence-corrected chi connectivity index (χ2v) is 8.12. The van der Waals surface area contributed by atoms with Crippen molar-refractivity contribution in [3.63, 3.8) is 0 Å². The van der Waals surface area contributed by atoms with Gasteiger partial charge in [-0.2, -0.15) is 0 Å². The fourth-order valence-electron chi connectivity index (χ4n) is 3.15. The van der Waals surface area contributed by atoms with Crippen LogP contribution < -0.4 is 10.6 Å². The zero-order chi connectivity index (χ0) is 18.2. The Labute approximate surface area is 161 Å². The van der Waals surface area contributed by atoms with Crippen LogP contribution in [-0.4, -0.2) is 55.2 Å². The number of likely N-dealkylation sites (tertiary alicyclic amines) is 1. The van der Waals surface area contributed by atoms with Crippen molar-refractivity contribution >= 4 is 23.6 Å². The maximum Gasteiger partial charge on any atom is 0.223 e. The average molecular weight is 375 g/mol. The van der Waals surface area contributed by atoms with Crippen LogP contribution in [0.2, 0.25) is 0 Å². The van der Waals surface area contributed by atoms with Gasteiger partial charge in [-0.05, 0) is 44.2 Å². The van der Waals surface area contributed by atoms with Crippen LogP contribution in [0.5, 0.6) is 0 Å². The summed E-state index contributed by atoms with van der Waals surface area (Å²) in [6.07, 6.45) is 3.31. The summed E-state index contributed by atoms with van der Waals surface area (Å²) in [5.41, 5.74) is 0. The molecule has 0 bridgehead atoms. The molecular formula is C20H30N4OS. The Morgan fingerprint density at radius 3 is 2.77 bits per heavy atom. The molecule has 5 nitrogen and oxygen atoms in total. The molecule has 26 heavy (non-hydrogen) atoms. The lowest BCUT2D eigenvalue weighted by atomic mass is 10.2. The van der Waals surface area contributed by atoms with Gasteiger partial charge in [-0.1, -0.05) is 18.2 Å². The third-order valence-electron chi connectivity index (χ3n) is 4.77. The summed E-state index contributed by atoms with van der Waals surface area (Å²) in [6, 6.07) is 10.6. The standard InChI is InChI=1S/C20H30N4OS/c1-2-21-20(23-12-11-22-19(25)17-8-9-17)24-13-10-16(14-24)15-26-18-6-4-3-5-7-18/h3-7,16-17H,2,8-15H2,1H3,(H,21,23)(H,22,25). The number of hydrogen-bond acceptors (Lipinski definition) is 3. The number of hydrogen-bond donors (Lipinski definition) is 2. The van der Waals surface area contributed by atoms with E-state index in [2.05, 4.69) is 52.8 Å². The van der Waals surface area contributed by atoms with E-state index in [9.17, 15) is 4.79 Å². The molecule has 1 aromatic carbocycles. The Bertz CT molecular complexity index is 603. The quantitative estimate of drug-likeness (QED) is 0.318. The molecule has 0 aromatic heterocycles. The van der Waals surface area contributed by atoms with Crippen molar-refractivity contribution in [3.8, 4) is 0 Å². The molecule has 1 aromatic rings. The van der Waals surface area contributed by atoms with Crippen LogP contribution in [-0.2, 0) is 4.79 Å². The van der Waals surface area contributed by atoms with Crippen LogP contribution in [0.3, 0.4) is 0 Å². The van der Waals surface area contributed by atoms with E-state index in [1.807, 2.05) is 11.8 Å². The molecule has 0 radical (unpaired) electrons. The molecule has 1 saturated carbocycles. The van der Waals surface area contributed by atoms with Gasteiger partial charge in [0, 0.05) is 42.7 Å². The van der Waals surface area contributed by atoms with Crippen molar-refractivity contribution < 1.29 is 4.79 Å². The minimum Gasteiger partial charge on any atom is -0.357 e. The number of nitrogens with one attached hydrogen (secondary N) is 2. The van der Waals surface area contributed by atoms with Crippen molar-refractivity contribution in [2.24, 2.45) is 16.8 Å². The Hall–Kier alpha value is -1.69. The van der Waals surface area contributed by atoms with E-state index in [0.29, 0.717) is 19.0 Å². The summed E-state index contributed by atoms with van der Waals surface area (Å²) >= 11 is 1.94. The first kappa shape index (κ1) is 19.1. The first-order valence-corrected chi connectivity index (χ1v) is 10.7. The number of guanidine groups is 1. The van der Waals surface area contributed by atoms with Crippen LogP contribution in [0.15, 0.2) is 40.2 Å². The van der Waals surface area contributed by atoms with E-state index in [4.69, 9.17) is 4.99 Å². The molecule has 1 atom stereocenters. The first-order valence-electron chi connectivity index (χ1n) is 9.75. The molecular weight excluding hydrogens is 344 g/mol. The maximum atomic E-state index is 11.7. The van der Waals surface area contributed by atoms with Gasteiger partial charge in [0.25, 0.3) is 0 Å². The van der Waals surface area contributed by atoms with Gasteiger partial charge in [0.1, 0.15) is 0 Å². The highest BCUT2D eigenvalue weighted by Gasteiger charge is 2.29. The number of nitrogens with zero attached hydrogens (tertiary/aromatic N) is 2. The van der Waals surface area contributed by atoms with E-state index in [-0.39, 0.29) is 11.8 Å². The summed E-state index contributed by atoms with van der Waals surface area (Å²) < 4.78 is 0. The Balaban J connectivity index is 1.42. The monoisotopic (exact) mass is 374 g/mol. The number of aliphatic imine (C=N–C) groups is 1. The summed E-state index contributed by atoms with van der Waals surface area (Å²) in [5, 5.41) is 6.38. The molecule has 1 amide bonds. The normalized spacial score (nSPS) is 20.3. The van der Waals surface area contributed by atoms with Gasteiger partial charge in [-0.25, -0.2) is 0 Å². The summed E-state index contributed by atoms with van der Waals surface area (Å²) in [5.74, 6) is 3.30. The molecule has 2 aliphatic rings. The maximum absolute atomic E-state index is 11.7. The molecule has 6 heteroatoms. The van der Waals surface area contributed by atoms with Gasteiger partial charge < -0.3 is 15.5 Å². The molecule has 3 rings (SSSR count). The minimum absolute atomic E-state index is 0.198. The molecule has 1 heterocycles. The number of benzene rings is 1. The molecule has 1 aliphatic heterocycles. The molecule has 1 saturated heterocycles. The predicted molar refractivity (Wildman–Crippen MR) is 109 cm³/mol. The molecule has 1 unspecified atom stereocenters. The van der Waals surface area contributed by atoms with Crippen LogP contribution in [0.4, 0.5) is 0 Å². The Morgan fingerprint density at radius 2 is 2.04 bits per heavy atom. The molecule has 2 N–H and O–H groups in total. The van der Waals surface area contributed by atoms with Crippen LogP contribution in [0.1, 0.15) is 26.2 Å². The van der Waals surface area contributed by atoms with Gasteiger partial charge in [0.05, 0.1) is 6.54 Å². The smallest absolute Gasteiger partial charge is 0.223 e. The summed E-state index contributed by atoms with van der Waals surface area (Å²) in [4.78, 5) is 20.1. The highest BCUT2D eigenvalue weighted by atomic mass is 32.2. The number of rotatable bonds is 8. The van der Waals surface area contributed by atoms with Crippen molar-refractivity contribution in [1.82, 2.24) is 15.5 Å². The lowest BCUT2D eigenvalue weighted by molar-refractivity contribution is -0.122. The molecule has 142 valence electrons. The van der Waals surface area contributed by atoms with Crippen molar-refractivity contribution in [2.45, 2.75) is 31.1 Å². The van der Waals surface area contributed by atoms with Gasteiger partial charge >= 0.3 is 0 Å². The van der Waals surface area contributed by atoms with Crippen LogP contribution in [0, 0.1) is 11.8 Å². The summed E-state index contributed by atoms with van der Waals surface area (Å²) in [7, 11) is 0. The minimum atomic E-state index is 0.198. The van der Waals surface area contributed by atoms with E-state index < -0.39 is 0 Å². The number of carbonyl (C=O) groups excluding carboxylic acids is 1. The first-order chi connectivity index (χ1) is 12.8. The summed E-state index contributed by atoms with van der Waals surface area (Å²) in [6.45, 7) is 6.35. The van der Waals surface area contributed by atoms with Crippen LogP contribution in [0.25, 0.3) is 0 Å². The zero-order valence-electron chi connectivity index (χ0n) is 15.6. The van der Waals surface area contributed by atoms with Gasteiger partial charge in [-0.15, -0.1) is 11.8 Å². The Morgan fingerprint density at radius 1 is 1.23 bits per heavy atom. The number of amides is 1. The highest BCUT2D eigenvalue weighted by molar-refractivity contribution is 7.99. The second kappa shape index (κ2) is 9.86. The van der Waals surface area contributed by atoms with Crippen LogP contribution >= 0.6 is 11.8 Å². The predicted octanol–water partition coefficient (Wildman–Crippen LogP) is 2.59. The van der Waals surface area contributed by atoms with E-state index >= 15 is 0 Å². The van der Waals surface area contributed by atoms with Crippen molar-refractivity contribution in [3.05, 3.63) is 30.3 Å².